The fourth-order valence-corrected chi connectivity index (χ4v) is 4.46. The first-order valence-corrected chi connectivity index (χ1v) is 10.8. The second-order valence-corrected chi connectivity index (χ2v) is 8.08. The summed E-state index contributed by atoms with van der Waals surface area (Å²) >= 11 is 0. The van der Waals surface area contributed by atoms with Gasteiger partial charge >= 0.3 is 0 Å². The van der Waals surface area contributed by atoms with Crippen LogP contribution in [-0.2, 0) is 13.1 Å². The molecule has 1 atom stereocenters. The largest absolute Gasteiger partial charge is 0.457 e. The maximum atomic E-state index is 14.9. The summed E-state index contributed by atoms with van der Waals surface area (Å²) in [6, 6.07) is 25.2. The van der Waals surface area contributed by atoms with Crippen molar-refractivity contribution in [2.45, 2.75) is 25.6 Å². The zero-order chi connectivity index (χ0) is 21.9. The van der Waals surface area contributed by atoms with E-state index in [9.17, 15) is 8.78 Å². The fraction of sp³-hybridized carbons (Fsp3) is 0.185. The van der Waals surface area contributed by atoms with Crippen LogP contribution in [0.1, 0.15) is 29.3 Å². The van der Waals surface area contributed by atoms with E-state index in [1.54, 1.807) is 6.07 Å². The first kappa shape index (κ1) is 20.5. The van der Waals surface area contributed by atoms with Crippen LogP contribution in [0, 0.1) is 11.6 Å². The fourth-order valence-electron chi connectivity index (χ4n) is 4.46. The van der Waals surface area contributed by atoms with Crippen molar-refractivity contribution in [1.82, 2.24) is 9.47 Å². The number of hydrogen-bond acceptors (Lipinski definition) is 2. The summed E-state index contributed by atoms with van der Waals surface area (Å²) in [5, 5.41) is 0. The Morgan fingerprint density at radius 2 is 1.66 bits per heavy atom. The molecule has 0 N–H and O–H groups in total. The molecule has 162 valence electrons. The highest BCUT2D eigenvalue weighted by Gasteiger charge is 2.29. The SMILES string of the molecule is Fc1ccc(C2c3cccn3CCCN2Cc2cccc(Oc3ccccc3)c2)c(F)c1. The van der Waals surface area contributed by atoms with E-state index in [2.05, 4.69) is 15.5 Å². The standard InChI is InChI=1S/C27H24F2N2O/c28-21-12-13-24(25(29)18-21)27-26-11-5-14-30(26)15-6-16-31(27)19-20-7-4-10-23(17-20)32-22-8-2-1-3-9-22/h1-5,7-14,17-18,27H,6,15-16,19H2. The number of rotatable bonds is 5. The molecule has 0 amide bonds. The number of fused-ring (bicyclic) bond motifs is 1. The third-order valence-corrected chi connectivity index (χ3v) is 5.87. The van der Waals surface area contributed by atoms with E-state index in [-0.39, 0.29) is 6.04 Å². The minimum Gasteiger partial charge on any atom is -0.457 e. The summed E-state index contributed by atoms with van der Waals surface area (Å²) in [5.41, 5.74) is 2.58. The van der Waals surface area contributed by atoms with Gasteiger partial charge in [-0.05, 0) is 54.4 Å². The second-order valence-electron chi connectivity index (χ2n) is 8.08. The number of ether oxygens (including phenoxy) is 1. The van der Waals surface area contributed by atoms with Crippen molar-refractivity contribution in [3.05, 3.63) is 120 Å². The molecular formula is C27H24F2N2O. The molecule has 3 aromatic carbocycles. The highest BCUT2D eigenvalue weighted by Crippen LogP contribution is 2.35. The molecule has 1 unspecified atom stereocenters. The average molecular weight is 430 g/mol. The van der Waals surface area contributed by atoms with Crippen molar-refractivity contribution >= 4 is 0 Å². The first-order valence-electron chi connectivity index (χ1n) is 10.8. The maximum absolute atomic E-state index is 14.9. The average Bonchev–Trinajstić information content (AvgIpc) is 3.18. The van der Waals surface area contributed by atoms with E-state index in [4.69, 9.17) is 4.74 Å². The van der Waals surface area contributed by atoms with Gasteiger partial charge in [0.1, 0.15) is 23.1 Å². The Morgan fingerprint density at radius 1 is 0.812 bits per heavy atom. The topological polar surface area (TPSA) is 17.4 Å². The van der Waals surface area contributed by atoms with Crippen molar-refractivity contribution in [1.29, 1.82) is 0 Å². The van der Waals surface area contributed by atoms with Gasteiger partial charge in [-0.1, -0.05) is 36.4 Å². The van der Waals surface area contributed by atoms with Gasteiger partial charge in [-0.3, -0.25) is 4.90 Å². The molecule has 2 heterocycles. The van der Waals surface area contributed by atoms with Gasteiger partial charge in [0, 0.05) is 43.2 Å². The van der Waals surface area contributed by atoms with Gasteiger partial charge in [-0.25, -0.2) is 8.78 Å². The molecule has 4 aromatic rings. The zero-order valence-electron chi connectivity index (χ0n) is 17.6. The monoisotopic (exact) mass is 430 g/mol. The Bertz CT molecular complexity index is 1210. The van der Waals surface area contributed by atoms with Gasteiger partial charge in [0.15, 0.2) is 0 Å². The van der Waals surface area contributed by atoms with Crippen LogP contribution >= 0.6 is 0 Å². The van der Waals surface area contributed by atoms with Crippen molar-refractivity contribution in [2.24, 2.45) is 0 Å². The molecule has 0 bridgehead atoms. The molecule has 0 fully saturated rings. The zero-order valence-corrected chi connectivity index (χ0v) is 17.6. The molecule has 5 heteroatoms. The van der Waals surface area contributed by atoms with Crippen LogP contribution in [-0.4, -0.2) is 16.0 Å². The Labute approximate surface area is 186 Å². The van der Waals surface area contributed by atoms with Gasteiger partial charge in [-0.15, -0.1) is 0 Å². The molecule has 0 spiro atoms. The van der Waals surface area contributed by atoms with E-state index >= 15 is 0 Å². The highest BCUT2D eigenvalue weighted by molar-refractivity contribution is 5.35. The third kappa shape index (κ3) is 4.30. The summed E-state index contributed by atoms with van der Waals surface area (Å²) < 4.78 is 36.7. The quantitative estimate of drug-likeness (QED) is 0.357. The van der Waals surface area contributed by atoms with Crippen LogP contribution in [0.5, 0.6) is 11.5 Å². The number of aryl methyl sites for hydroxylation is 1. The lowest BCUT2D eigenvalue weighted by atomic mass is 10.00. The third-order valence-electron chi connectivity index (χ3n) is 5.87. The molecule has 5 rings (SSSR count). The molecule has 0 saturated carbocycles. The lowest BCUT2D eigenvalue weighted by molar-refractivity contribution is 0.216. The predicted molar refractivity (Wildman–Crippen MR) is 121 cm³/mol. The smallest absolute Gasteiger partial charge is 0.131 e. The van der Waals surface area contributed by atoms with Gasteiger partial charge < -0.3 is 9.30 Å². The normalized spacial score (nSPS) is 16.4. The Hall–Kier alpha value is -3.44. The molecule has 3 nitrogen and oxygen atoms in total. The Balaban J connectivity index is 1.47. The van der Waals surface area contributed by atoms with Crippen LogP contribution in [0.3, 0.4) is 0 Å². The summed E-state index contributed by atoms with van der Waals surface area (Å²) in [7, 11) is 0. The molecule has 1 aromatic heterocycles. The minimum absolute atomic E-state index is 0.299. The van der Waals surface area contributed by atoms with Crippen molar-refractivity contribution in [3.8, 4) is 11.5 Å². The molecule has 1 aliphatic heterocycles. The lowest BCUT2D eigenvalue weighted by Crippen LogP contribution is -2.30. The van der Waals surface area contributed by atoms with E-state index < -0.39 is 11.6 Å². The summed E-state index contributed by atoms with van der Waals surface area (Å²) in [5.74, 6) is 0.461. The van der Waals surface area contributed by atoms with Crippen molar-refractivity contribution in [3.63, 3.8) is 0 Å². The van der Waals surface area contributed by atoms with E-state index in [0.717, 1.165) is 48.3 Å². The summed E-state index contributed by atoms with van der Waals surface area (Å²) in [4.78, 5) is 2.26. The van der Waals surface area contributed by atoms with Gasteiger partial charge in [0.2, 0.25) is 0 Å². The highest BCUT2D eigenvalue weighted by atomic mass is 19.1. The van der Waals surface area contributed by atoms with Crippen molar-refractivity contribution in [2.75, 3.05) is 6.54 Å². The van der Waals surface area contributed by atoms with Gasteiger partial charge in [0.05, 0.1) is 6.04 Å². The molecule has 0 radical (unpaired) electrons. The number of aromatic nitrogens is 1. The van der Waals surface area contributed by atoms with Crippen LogP contribution in [0.25, 0.3) is 0 Å². The minimum atomic E-state index is -0.562. The molecule has 0 aliphatic carbocycles. The van der Waals surface area contributed by atoms with Crippen LogP contribution < -0.4 is 4.74 Å². The van der Waals surface area contributed by atoms with E-state index in [0.29, 0.717) is 12.1 Å². The first-order chi connectivity index (χ1) is 15.7. The van der Waals surface area contributed by atoms with Crippen LogP contribution in [0.4, 0.5) is 8.78 Å². The Morgan fingerprint density at radius 3 is 2.50 bits per heavy atom. The van der Waals surface area contributed by atoms with Gasteiger partial charge in [0.25, 0.3) is 0 Å². The molecule has 1 aliphatic rings. The van der Waals surface area contributed by atoms with E-state index in [1.165, 1.54) is 6.07 Å². The number of nitrogens with zero attached hydrogens (tertiary/aromatic N) is 2. The van der Waals surface area contributed by atoms with E-state index in [1.807, 2.05) is 66.9 Å². The van der Waals surface area contributed by atoms with Crippen LogP contribution in [0.15, 0.2) is 91.1 Å². The number of hydrogen-bond donors (Lipinski definition) is 0. The van der Waals surface area contributed by atoms with Crippen molar-refractivity contribution < 1.29 is 13.5 Å². The number of benzene rings is 3. The van der Waals surface area contributed by atoms with Gasteiger partial charge in [-0.2, -0.15) is 0 Å². The molecule has 32 heavy (non-hydrogen) atoms. The second kappa shape index (κ2) is 8.97. The summed E-state index contributed by atoms with van der Waals surface area (Å²) in [6.45, 7) is 2.29. The maximum Gasteiger partial charge on any atom is 0.131 e. The van der Waals surface area contributed by atoms with Crippen LogP contribution in [0.2, 0.25) is 0 Å². The Kier molecular flexibility index (Phi) is 5.73. The lowest BCUT2D eigenvalue weighted by Gasteiger charge is -2.31. The molecule has 0 saturated heterocycles. The number of halogens is 2. The predicted octanol–water partition coefficient (Wildman–Crippen LogP) is 6.55. The number of para-hydroxylation sites is 1. The summed E-state index contributed by atoms with van der Waals surface area (Å²) in [6.07, 6.45) is 2.97. The molecular weight excluding hydrogens is 406 g/mol.